The maximum absolute atomic E-state index is 12.7. The zero-order valence-corrected chi connectivity index (χ0v) is 9.94. The van der Waals surface area contributed by atoms with Crippen molar-refractivity contribution in [3.05, 3.63) is 29.8 Å². The summed E-state index contributed by atoms with van der Waals surface area (Å²) < 4.78 is 12.7. The Balaban J connectivity index is 2.51. The molecule has 0 saturated carbocycles. The van der Waals surface area contributed by atoms with E-state index in [9.17, 15) is 9.50 Å². The van der Waals surface area contributed by atoms with Crippen LogP contribution in [0, 0.1) is 5.82 Å². The summed E-state index contributed by atoms with van der Waals surface area (Å²) in [4.78, 5) is 4.01. The molecule has 0 bridgehead atoms. The SMILES string of the molecule is CC(O)CC(C)NC(C)c1ccc(F)cn1. The highest BCUT2D eigenvalue weighted by molar-refractivity contribution is 5.09. The number of rotatable bonds is 5. The van der Waals surface area contributed by atoms with Crippen LogP contribution in [0.3, 0.4) is 0 Å². The molecule has 3 atom stereocenters. The minimum absolute atomic E-state index is 0.0503. The molecular formula is C12H19FN2O. The van der Waals surface area contributed by atoms with Crippen LogP contribution in [0.2, 0.25) is 0 Å². The number of hydrogen-bond donors (Lipinski definition) is 2. The number of aliphatic hydroxyl groups is 1. The van der Waals surface area contributed by atoms with Crippen molar-refractivity contribution in [1.29, 1.82) is 0 Å². The quantitative estimate of drug-likeness (QED) is 0.807. The van der Waals surface area contributed by atoms with Crippen LogP contribution in [-0.4, -0.2) is 22.2 Å². The van der Waals surface area contributed by atoms with Crippen LogP contribution in [0.15, 0.2) is 18.3 Å². The van der Waals surface area contributed by atoms with Gasteiger partial charge in [-0.25, -0.2) is 4.39 Å². The Morgan fingerprint density at radius 3 is 2.56 bits per heavy atom. The van der Waals surface area contributed by atoms with Crippen LogP contribution >= 0.6 is 0 Å². The molecule has 0 aliphatic heterocycles. The van der Waals surface area contributed by atoms with Gasteiger partial charge in [-0.3, -0.25) is 4.98 Å². The molecule has 1 aromatic heterocycles. The predicted octanol–water partition coefficient (Wildman–Crippen LogP) is 2.03. The first-order valence-corrected chi connectivity index (χ1v) is 5.54. The molecule has 0 aliphatic rings. The van der Waals surface area contributed by atoms with Gasteiger partial charge in [0.2, 0.25) is 0 Å². The third-order valence-corrected chi connectivity index (χ3v) is 2.42. The zero-order valence-electron chi connectivity index (χ0n) is 9.94. The Hall–Kier alpha value is -1.00. The summed E-state index contributed by atoms with van der Waals surface area (Å²) >= 11 is 0. The van der Waals surface area contributed by atoms with Crippen molar-refractivity contribution in [3.8, 4) is 0 Å². The standard InChI is InChI=1S/C12H19FN2O/c1-8(6-9(2)16)15-10(3)12-5-4-11(13)7-14-12/h4-5,7-10,15-16H,6H2,1-3H3. The van der Waals surface area contributed by atoms with Crippen LogP contribution in [0.1, 0.15) is 38.9 Å². The fourth-order valence-corrected chi connectivity index (χ4v) is 1.74. The topological polar surface area (TPSA) is 45.1 Å². The minimum Gasteiger partial charge on any atom is -0.393 e. The summed E-state index contributed by atoms with van der Waals surface area (Å²) in [6, 6.07) is 3.32. The number of nitrogens with one attached hydrogen (secondary N) is 1. The summed E-state index contributed by atoms with van der Waals surface area (Å²) in [6.45, 7) is 5.74. The highest BCUT2D eigenvalue weighted by atomic mass is 19.1. The molecule has 4 heteroatoms. The van der Waals surface area contributed by atoms with Crippen molar-refractivity contribution in [2.45, 2.75) is 45.4 Å². The van der Waals surface area contributed by atoms with Crippen LogP contribution in [-0.2, 0) is 0 Å². The van der Waals surface area contributed by atoms with E-state index in [1.807, 2.05) is 13.8 Å². The van der Waals surface area contributed by atoms with Crippen molar-refractivity contribution < 1.29 is 9.50 Å². The van der Waals surface area contributed by atoms with Gasteiger partial charge in [-0.05, 0) is 39.3 Å². The average molecular weight is 226 g/mol. The van der Waals surface area contributed by atoms with Gasteiger partial charge in [0, 0.05) is 12.1 Å². The van der Waals surface area contributed by atoms with E-state index in [-0.39, 0.29) is 24.0 Å². The van der Waals surface area contributed by atoms with Gasteiger partial charge in [0.05, 0.1) is 18.0 Å². The van der Waals surface area contributed by atoms with Crippen LogP contribution < -0.4 is 5.32 Å². The number of aliphatic hydroxyl groups excluding tert-OH is 1. The number of hydrogen-bond acceptors (Lipinski definition) is 3. The summed E-state index contributed by atoms with van der Waals surface area (Å²) in [5.74, 6) is -0.326. The molecule has 1 rings (SSSR count). The maximum Gasteiger partial charge on any atom is 0.141 e. The van der Waals surface area contributed by atoms with Gasteiger partial charge in [-0.1, -0.05) is 0 Å². The van der Waals surface area contributed by atoms with Crippen LogP contribution in [0.4, 0.5) is 4.39 Å². The second-order valence-corrected chi connectivity index (χ2v) is 4.28. The molecular weight excluding hydrogens is 207 g/mol. The smallest absolute Gasteiger partial charge is 0.141 e. The zero-order chi connectivity index (χ0) is 12.1. The monoisotopic (exact) mass is 226 g/mol. The van der Waals surface area contributed by atoms with Crippen molar-refractivity contribution in [1.82, 2.24) is 10.3 Å². The molecule has 0 fully saturated rings. The van der Waals surface area contributed by atoms with Crippen molar-refractivity contribution in [3.63, 3.8) is 0 Å². The molecule has 16 heavy (non-hydrogen) atoms. The summed E-state index contributed by atoms with van der Waals surface area (Å²) in [5, 5.41) is 12.5. The summed E-state index contributed by atoms with van der Waals surface area (Å²) in [7, 11) is 0. The fourth-order valence-electron chi connectivity index (χ4n) is 1.74. The highest BCUT2D eigenvalue weighted by Crippen LogP contribution is 2.11. The van der Waals surface area contributed by atoms with Crippen LogP contribution in [0.5, 0.6) is 0 Å². The molecule has 90 valence electrons. The molecule has 0 radical (unpaired) electrons. The Labute approximate surface area is 95.7 Å². The lowest BCUT2D eigenvalue weighted by Gasteiger charge is -2.20. The lowest BCUT2D eigenvalue weighted by Crippen LogP contribution is -2.31. The van der Waals surface area contributed by atoms with Gasteiger partial charge in [-0.15, -0.1) is 0 Å². The van der Waals surface area contributed by atoms with Crippen molar-refractivity contribution >= 4 is 0 Å². The molecule has 3 nitrogen and oxygen atoms in total. The normalized spacial score (nSPS) is 16.8. The number of aromatic nitrogens is 1. The third kappa shape index (κ3) is 4.24. The maximum atomic E-state index is 12.7. The average Bonchev–Trinajstić information content (AvgIpc) is 2.16. The van der Waals surface area contributed by atoms with Gasteiger partial charge in [0.25, 0.3) is 0 Å². The van der Waals surface area contributed by atoms with Gasteiger partial charge in [0.15, 0.2) is 0 Å². The number of halogens is 1. The predicted molar refractivity (Wildman–Crippen MR) is 61.5 cm³/mol. The molecule has 0 spiro atoms. The van der Waals surface area contributed by atoms with Crippen LogP contribution in [0.25, 0.3) is 0 Å². The summed E-state index contributed by atoms with van der Waals surface area (Å²) in [5.41, 5.74) is 0.804. The third-order valence-electron chi connectivity index (χ3n) is 2.42. The Morgan fingerprint density at radius 1 is 1.38 bits per heavy atom. The lowest BCUT2D eigenvalue weighted by molar-refractivity contribution is 0.168. The Bertz CT molecular complexity index is 313. The Kier molecular flexibility index (Phi) is 4.83. The molecule has 1 heterocycles. The van der Waals surface area contributed by atoms with Crippen molar-refractivity contribution in [2.75, 3.05) is 0 Å². The van der Waals surface area contributed by atoms with E-state index in [4.69, 9.17) is 0 Å². The van der Waals surface area contributed by atoms with Gasteiger partial charge >= 0.3 is 0 Å². The minimum atomic E-state index is -0.326. The van der Waals surface area contributed by atoms with Gasteiger partial charge in [-0.2, -0.15) is 0 Å². The number of nitrogens with zero attached hydrogens (tertiary/aromatic N) is 1. The van der Waals surface area contributed by atoms with Gasteiger partial charge in [0.1, 0.15) is 5.82 Å². The largest absolute Gasteiger partial charge is 0.393 e. The molecule has 3 unspecified atom stereocenters. The molecule has 0 aromatic carbocycles. The molecule has 0 aliphatic carbocycles. The molecule has 0 saturated heterocycles. The van der Waals surface area contributed by atoms with Crippen molar-refractivity contribution in [2.24, 2.45) is 0 Å². The van der Waals surface area contributed by atoms with E-state index in [0.717, 1.165) is 5.69 Å². The highest BCUT2D eigenvalue weighted by Gasteiger charge is 2.12. The summed E-state index contributed by atoms with van der Waals surface area (Å²) in [6.07, 6.45) is 1.58. The first-order chi connectivity index (χ1) is 7.49. The van der Waals surface area contributed by atoms with E-state index in [1.54, 1.807) is 13.0 Å². The lowest BCUT2D eigenvalue weighted by atomic mass is 10.1. The van der Waals surface area contributed by atoms with E-state index in [0.29, 0.717) is 6.42 Å². The molecule has 2 N–H and O–H groups in total. The molecule has 1 aromatic rings. The molecule has 0 amide bonds. The van der Waals surface area contributed by atoms with E-state index in [2.05, 4.69) is 10.3 Å². The number of pyridine rings is 1. The first kappa shape index (κ1) is 13.1. The Morgan fingerprint density at radius 2 is 2.06 bits per heavy atom. The first-order valence-electron chi connectivity index (χ1n) is 5.54. The van der Waals surface area contributed by atoms with E-state index >= 15 is 0 Å². The van der Waals surface area contributed by atoms with Gasteiger partial charge < -0.3 is 10.4 Å². The van der Waals surface area contributed by atoms with E-state index < -0.39 is 0 Å². The fraction of sp³-hybridized carbons (Fsp3) is 0.583. The second kappa shape index (κ2) is 5.92. The van der Waals surface area contributed by atoms with E-state index in [1.165, 1.54) is 12.3 Å². The second-order valence-electron chi connectivity index (χ2n) is 4.28.